The third-order valence-electron chi connectivity index (χ3n) is 4.66. The van der Waals surface area contributed by atoms with Crippen LogP contribution in [0.15, 0.2) is 30.3 Å². The minimum atomic E-state index is -0.136. The molecule has 2 aliphatic rings. The number of aliphatic hydroxyl groups excluding tert-OH is 1. The van der Waals surface area contributed by atoms with Gasteiger partial charge in [-0.15, -0.1) is 0 Å². The van der Waals surface area contributed by atoms with Crippen molar-refractivity contribution in [2.45, 2.75) is 44.8 Å². The number of piperidine rings is 1. The normalized spacial score (nSPS) is 35.4. The van der Waals surface area contributed by atoms with Crippen LogP contribution in [0.3, 0.4) is 0 Å². The van der Waals surface area contributed by atoms with Crippen LogP contribution in [-0.4, -0.2) is 35.2 Å². The van der Waals surface area contributed by atoms with Gasteiger partial charge in [0.05, 0.1) is 6.10 Å². The maximum atomic E-state index is 10.0. The summed E-state index contributed by atoms with van der Waals surface area (Å²) >= 11 is 0. The Morgan fingerprint density at radius 3 is 2.61 bits per heavy atom. The molecular weight excluding hydrogens is 222 g/mol. The van der Waals surface area contributed by atoms with Gasteiger partial charge in [-0.1, -0.05) is 44.2 Å². The smallest absolute Gasteiger partial charge is 0.0615 e. The van der Waals surface area contributed by atoms with Crippen molar-refractivity contribution in [2.75, 3.05) is 13.1 Å². The molecule has 1 saturated carbocycles. The quantitative estimate of drug-likeness (QED) is 0.866. The number of benzene rings is 1. The van der Waals surface area contributed by atoms with Gasteiger partial charge in [-0.3, -0.25) is 4.90 Å². The lowest BCUT2D eigenvalue weighted by Gasteiger charge is -2.42. The zero-order valence-corrected chi connectivity index (χ0v) is 11.3. The van der Waals surface area contributed by atoms with Gasteiger partial charge in [-0.2, -0.15) is 0 Å². The molecule has 2 heteroatoms. The molecular formula is C16H23NO. The predicted octanol–water partition coefficient (Wildman–Crippen LogP) is 2.64. The summed E-state index contributed by atoms with van der Waals surface area (Å²) in [7, 11) is 0. The van der Waals surface area contributed by atoms with Gasteiger partial charge in [0.15, 0.2) is 0 Å². The lowest BCUT2D eigenvalue weighted by atomic mass is 9.81. The van der Waals surface area contributed by atoms with Crippen molar-refractivity contribution in [1.29, 1.82) is 0 Å². The SMILES string of the molecule is CC1(C)CN([C@@H]2C[C@@H]2c2ccccc2)CCC1O. The van der Waals surface area contributed by atoms with E-state index < -0.39 is 0 Å². The zero-order chi connectivity index (χ0) is 12.8. The van der Waals surface area contributed by atoms with E-state index in [1.807, 2.05) is 0 Å². The Hall–Kier alpha value is -0.860. The molecule has 2 fully saturated rings. The fraction of sp³-hybridized carbons (Fsp3) is 0.625. The summed E-state index contributed by atoms with van der Waals surface area (Å²) in [5, 5.41) is 10.0. The van der Waals surface area contributed by atoms with E-state index in [2.05, 4.69) is 49.1 Å². The van der Waals surface area contributed by atoms with Crippen molar-refractivity contribution < 1.29 is 5.11 Å². The Kier molecular flexibility index (Phi) is 2.95. The maximum absolute atomic E-state index is 10.0. The zero-order valence-electron chi connectivity index (χ0n) is 11.3. The van der Waals surface area contributed by atoms with Crippen LogP contribution in [0, 0.1) is 5.41 Å². The monoisotopic (exact) mass is 245 g/mol. The molecule has 0 bridgehead atoms. The molecule has 1 aliphatic heterocycles. The van der Waals surface area contributed by atoms with Gasteiger partial charge in [0.2, 0.25) is 0 Å². The average Bonchev–Trinajstić information content (AvgIpc) is 3.14. The van der Waals surface area contributed by atoms with Crippen molar-refractivity contribution >= 4 is 0 Å². The average molecular weight is 245 g/mol. The molecule has 3 atom stereocenters. The number of aliphatic hydroxyl groups is 1. The van der Waals surface area contributed by atoms with Gasteiger partial charge < -0.3 is 5.11 Å². The van der Waals surface area contributed by atoms with E-state index >= 15 is 0 Å². The van der Waals surface area contributed by atoms with E-state index in [9.17, 15) is 5.11 Å². The number of likely N-dealkylation sites (tertiary alicyclic amines) is 1. The topological polar surface area (TPSA) is 23.5 Å². The second kappa shape index (κ2) is 4.36. The van der Waals surface area contributed by atoms with Crippen molar-refractivity contribution in [1.82, 2.24) is 4.90 Å². The van der Waals surface area contributed by atoms with Crippen LogP contribution in [0.1, 0.15) is 38.2 Å². The molecule has 3 rings (SSSR count). The number of hydrogen-bond acceptors (Lipinski definition) is 2. The van der Waals surface area contributed by atoms with Gasteiger partial charge in [-0.05, 0) is 18.4 Å². The molecule has 0 spiro atoms. The molecule has 1 saturated heterocycles. The molecule has 1 unspecified atom stereocenters. The van der Waals surface area contributed by atoms with E-state index in [4.69, 9.17) is 0 Å². The van der Waals surface area contributed by atoms with Crippen LogP contribution in [-0.2, 0) is 0 Å². The third-order valence-corrected chi connectivity index (χ3v) is 4.66. The van der Waals surface area contributed by atoms with Crippen LogP contribution in [0.2, 0.25) is 0 Å². The van der Waals surface area contributed by atoms with Crippen molar-refractivity contribution in [3.63, 3.8) is 0 Å². The fourth-order valence-corrected chi connectivity index (χ4v) is 3.31. The highest BCUT2D eigenvalue weighted by molar-refractivity contribution is 5.28. The van der Waals surface area contributed by atoms with Crippen LogP contribution in [0.4, 0.5) is 0 Å². The number of hydrogen-bond donors (Lipinski definition) is 1. The summed E-state index contributed by atoms with van der Waals surface area (Å²) in [4.78, 5) is 2.59. The van der Waals surface area contributed by atoms with E-state index in [1.54, 1.807) is 0 Å². The molecule has 0 radical (unpaired) electrons. The standard InChI is InChI=1S/C16H23NO/c1-16(2)11-17(9-8-15(16)18)14-10-13(14)12-6-4-3-5-7-12/h3-7,13-15,18H,8-11H2,1-2H3/t13-,14-,15?/m1/s1. The Labute approximate surface area is 110 Å². The number of nitrogens with zero attached hydrogens (tertiary/aromatic N) is 1. The van der Waals surface area contributed by atoms with Gasteiger partial charge in [0.1, 0.15) is 0 Å². The van der Waals surface area contributed by atoms with Gasteiger partial charge in [-0.25, -0.2) is 0 Å². The first-order valence-corrected chi connectivity index (χ1v) is 7.05. The van der Waals surface area contributed by atoms with Crippen molar-refractivity contribution in [3.05, 3.63) is 35.9 Å². The maximum Gasteiger partial charge on any atom is 0.0615 e. The first kappa shape index (κ1) is 12.2. The van der Waals surface area contributed by atoms with Crippen LogP contribution >= 0.6 is 0 Å². The first-order valence-electron chi connectivity index (χ1n) is 7.05. The van der Waals surface area contributed by atoms with Gasteiger partial charge >= 0.3 is 0 Å². The van der Waals surface area contributed by atoms with Gasteiger partial charge in [0.25, 0.3) is 0 Å². The van der Waals surface area contributed by atoms with E-state index in [1.165, 1.54) is 12.0 Å². The fourth-order valence-electron chi connectivity index (χ4n) is 3.31. The Balaban J connectivity index is 1.65. The molecule has 0 amide bonds. The molecule has 2 nitrogen and oxygen atoms in total. The Morgan fingerprint density at radius 2 is 1.94 bits per heavy atom. The first-order chi connectivity index (χ1) is 8.58. The molecule has 18 heavy (non-hydrogen) atoms. The van der Waals surface area contributed by atoms with Crippen molar-refractivity contribution in [3.8, 4) is 0 Å². The molecule has 1 N–H and O–H groups in total. The minimum absolute atomic E-state index is 0.0437. The summed E-state index contributed by atoms with van der Waals surface area (Å²) in [5.74, 6) is 0.720. The third kappa shape index (κ3) is 2.19. The van der Waals surface area contributed by atoms with Crippen LogP contribution in [0.25, 0.3) is 0 Å². The Bertz CT molecular complexity index is 414. The second-order valence-electron chi connectivity index (χ2n) is 6.58. The lowest BCUT2D eigenvalue weighted by Crippen LogP contribution is -2.49. The summed E-state index contributed by atoms with van der Waals surface area (Å²) in [5.41, 5.74) is 1.52. The minimum Gasteiger partial charge on any atom is -0.392 e. The van der Waals surface area contributed by atoms with E-state index in [-0.39, 0.29) is 11.5 Å². The number of rotatable bonds is 2. The van der Waals surface area contributed by atoms with E-state index in [0.717, 1.165) is 25.4 Å². The largest absolute Gasteiger partial charge is 0.392 e. The predicted molar refractivity (Wildman–Crippen MR) is 73.6 cm³/mol. The summed E-state index contributed by atoms with van der Waals surface area (Å²) in [6, 6.07) is 11.5. The Morgan fingerprint density at radius 1 is 1.22 bits per heavy atom. The summed E-state index contributed by atoms with van der Waals surface area (Å²) in [6.45, 7) is 6.45. The van der Waals surface area contributed by atoms with Crippen LogP contribution < -0.4 is 0 Å². The van der Waals surface area contributed by atoms with Gasteiger partial charge in [0, 0.05) is 30.5 Å². The molecule has 1 heterocycles. The summed E-state index contributed by atoms with van der Waals surface area (Å²) < 4.78 is 0. The van der Waals surface area contributed by atoms with Crippen LogP contribution in [0.5, 0.6) is 0 Å². The van der Waals surface area contributed by atoms with Crippen molar-refractivity contribution in [2.24, 2.45) is 5.41 Å². The molecule has 98 valence electrons. The molecule has 0 aromatic heterocycles. The highest BCUT2D eigenvalue weighted by atomic mass is 16.3. The molecule has 1 aliphatic carbocycles. The highest BCUT2D eigenvalue weighted by Crippen LogP contribution is 2.47. The lowest BCUT2D eigenvalue weighted by molar-refractivity contribution is -0.0276. The molecule has 1 aromatic rings. The highest BCUT2D eigenvalue weighted by Gasteiger charge is 2.46. The molecule has 1 aromatic carbocycles. The van der Waals surface area contributed by atoms with E-state index in [0.29, 0.717) is 6.04 Å². The second-order valence-corrected chi connectivity index (χ2v) is 6.58. The summed E-state index contributed by atoms with van der Waals surface area (Å²) in [6.07, 6.45) is 2.07.